The third-order valence-electron chi connectivity index (χ3n) is 2.93. The summed E-state index contributed by atoms with van der Waals surface area (Å²) in [4.78, 5) is 7.34. The lowest BCUT2D eigenvalue weighted by Gasteiger charge is -2.10. The van der Waals surface area contributed by atoms with Crippen molar-refractivity contribution in [3.05, 3.63) is 42.2 Å². The fourth-order valence-corrected chi connectivity index (χ4v) is 3.33. The average Bonchev–Trinajstić information content (AvgIpc) is 2.51. The monoisotopic (exact) mass is 374 g/mol. The predicted molar refractivity (Wildman–Crippen MR) is 87.1 cm³/mol. The van der Waals surface area contributed by atoms with Gasteiger partial charge in [0.05, 0.1) is 34.4 Å². The number of aryl methyl sites for hydroxylation is 1. The van der Waals surface area contributed by atoms with Gasteiger partial charge in [-0.3, -0.25) is 9.44 Å². The molecular formula is C13H15FN4O4S2. The van der Waals surface area contributed by atoms with E-state index in [1.807, 2.05) is 4.72 Å². The Labute approximate surface area is 139 Å². The van der Waals surface area contributed by atoms with Crippen LogP contribution in [0.25, 0.3) is 0 Å². The van der Waals surface area contributed by atoms with Gasteiger partial charge in [0.1, 0.15) is 11.6 Å². The first-order chi connectivity index (χ1) is 11.1. The summed E-state index contributed by atoms with van der Waals surface area (Å²) < 4.78 is 65.6. The van der Waals surface area contributed by atoms with Gasteiger partial charge in [-0.25, -0.2) is 31.2 Å². The van der Waals surface area contributed by atoms with E-state index in [1.54, 1.807) is 6.92 Å². The van der Waals surface area contributed by atoms with Gasteiger partial charge in [-0.05, 0) is 32.0 Å². The molecule has 0 radical (unpaired) electrons. The van der Waals surface area contributed by atoms with Crippen LogP contribution in [0.1, 0.15) is 12.7 Å². The van der Waals surface area contributed by atoms with Gasteiger partial charge in [0.25, 0.3) is 10.0 Å². The van der Waals surface area contributed by atoms with Gasteiger partial charge in [0.15, 0.2) is 0 Å². The number of hydrogen-bond acceptors (Lipinski definition) is 6. The minimum Gasteiger partial charge on any atom is -0.281 e. The van der Waals surface area contributed by atoms with Gasteiger partial charge in [-0.2, -0.15) is 0 Å². The van der Waals surface area contributed by atoms with Crippen molar-refractivity contribution in [2.24, 2.45) is 0 Å². The molecule has 1 aromatic carbocycles. The molecule has 0 atom stereocenters. The van der Waals surface area contributed by atoms with Crippen LogP contribution in [0.3, 0.4) is 0 Å². The molecule has 2 rings (SSSR count). The Morgan fingerprint density at radius 2 is 1.71 bits per heavy atom. The molecule has 0 amide bonds. The molecular weight excluding hydrogens is 359 g/mol. The van der Waals surface area contributed by atoms with Crippen molar-refractivity contribution in [2.45, 2.75) is 18.7 Å². The van der Waals surface area contributed by atoms with E-state index in [0.29, 0.717) is 5.82 Å². The highest BCUT2D eigenvalue weighted by atomic mass is 32.2. The summed E-state index contributed by atoms with van der Waals surface area (Å²) in [7, 11) is -7.73. The van der Waals surface area contributed by atoms with Crippen molar-refractivity contribution in [1.82, 2.24) is 9.97 Å². The molecule has 0 aliphatic carbocycles. The maximum absolute atomic E-state index is 14.0. The van der Waals surface area contributed by atoms with Crippen LogP contribution < -0.4 is 9.44 Å². The van der Waals surface area contributed by atoms with E-state index in [2.05, 4.69) is 14.7 Å². The van der Waals surface area contributed by atoms with Crippen LogP contribution in [-0.4, -0.2) is 32.6 Å². The van der Waals surface area contributed by atoms with Crippen LogP contribution >= 0.6 is 0 Å². The van der Waals surface area contributed by atoms with Crippen LogP contribution in [0.2, 0.25) is 0 Å². The summed E-state index contributed by atoms with van der Waals surface area (Å²) in [6, 6.07) is 2.86. The van der Waals surface area contributed by atoms with Gasteiger partial charge in [0, 0.05) is 0 Å². The van der Waals surface area contributed by atoms with E-state index in [-0.39, 0.29) is 22.0 Å². The Morgan fingerprint density at radius 1 is 1.08 bits per heavy atom. The third-order valence-corrected chi connectivity index (χ3v) is 5.60. The van der Waals surface area contributed by atoms with Crippen LogP contribution in [0.4, 0.5) is 15.8 Å². The highest BCUT2D eigenvalue weighted by molar-refractivity contribution is 7.93. The Hall–Kier alpha value is -2.27. The van der Waals surface area contributed by atoms with Crippen molar-refractivity contribution in [1.29, 1.82) is 0 Å². The number of benzene rings is 1. The SMILES string of the molecule is CCS(=O)(=O)Nc1ccc(S(=O)(=O)Nc2cnc(C)nc2)cc1F. The zero-order chi connectivity index (χ0) is 18.0. The van der Waals surface area contributed by atoms with Crippen molar-refractivity contribution in [3.63, 3.8) is 0 Å². The molecule has 11 heteroatoms. The normalized spacial score (nSPS) is 12.0. The van der Waals surface area contributed by atoms with E-state index in [0.717, 1.165) is 18.2 Å². The lowest BCUT2D eigenvalue weighted by molar-refractivity contribution is 0.595. The number of nitrogens with zero attached hydrogens (tertiary/aromatic N) is 2. The van der Waals surface area contributed by atoms with Crippen molar-refractivity contribution in [3.8, 4) is 0 Å². The summed E-state index contributed by atoms with van der Waals surface area (Å²) in [5.41, 5.74) is -0.203. The zero-order valence-corrected chi connectivity index (χ0v) is 14.4. The lowest BCUT2D eigenvalue weighted by atomic mass is 10.3. The Kier molecular flexibility index (Phi) is 5.04. The van der Waals surface area contributed by atoms with Gasteiger partial charge in [-0.1, -0.05) is 0 Å². The standard InChI is InChI=1S/C13H15FN4O4S2/c1-3-23(19,20)18-13-5-4-11(6-12(13)14)24(21,22)17-10-7-15-9(2)16-8-10/h4-8,17-18H,3H2,1-2H3. The summed E-state index contributed by atoms with van der Waals surface area (Å²) in [5, 5.41) is 0. The molecule has 0 saturated carbocycles. The molecule has 0 fully saturated rings. The number of nitrogens with one attached hydrogen (secondary N) is 2. The average molecular weight is 374 g/mol. The van der Waals surface area contributed by atoms with E-state index in [4.69, 9.17) is 0 Å². The highest BCUT2D eigenvalue weighted by Crippen LogP contribution is 2.21. The van der Waals surface area contributed by atoms with Gasteiger partial charge < -0.3 is 0 Å². The fraction of sp³-hybridized carbons (Fsp3) is 0.231. The number of hydrogen-bond donors (Lipinski definition) is 2. The number of sulfonamides is 2. The van der Waals surface area contributed by atoms with E-state index in [9.17, 15) is 21.2 Å². The molecule has 1 heterocycles. The molecule has 0 aliphatic rings. The minimum absolute atomic E-state index is 0.122. The second kappa shape index (κ2) is 6.69. The third kappa shape index (κ3) is 4.38. The lowest BCUT2D eigenvalue weighted by Crippen LogP contribution is -2.17. The molecule has 8 nitrogen and oxygen atoms in total. The largest absolute Gasteiger partial charge is 0.281 e. The van der Waals surface area contributed by atoms with Crippen molar-refractivity contribution in [2.75, 3.05) is 15.2 Å². The molecule has 1 aromatic heterocycles. The Morgan fingerprint density at radius 3 is 2.25 bits per heavy atom. The van der Waals surface area contributed by atoms with Gasteiger partial charge >= 0.3 is 0 Å². The van der Waals surface area contributed by atoms with Gasteiger partial charge in [0.2, 0.25) is 10.0 Å². The van der Waals surface area contributed by atoms with Crippen LogP contribution in [0, 0.1) is 12.7 Å². The van der Waals surface area contributed by atoms with Crippen molar-refractivity contribution >= 4 is 31.4 Å². The number of aromatic nitrogens is 2. The first-order valence-corrected chi connectivity index (χ1v) is 9.88. The molecule has 0 aliphatic heterocycles. The molecule has 2 N–H and O–H groups in total. The van der Waals surface area contributed by atoms with Crippen LogP contribution in [0.15, 0.2) is 35.5 Å². The smallest absolute Gasteiger partial charge is 0.262 e. The Balaban J connectivity index is 2.28. The summed E-state index contributed by atoms with van der Waals surface area (Å²) in [6.07, 6.45) is 2.56. The molecule has 0 unspecified atom stereocenters. The van der Waals surface area contributed by atoms with E-state index >= 15 is 0 Å². The fourth-order valence-electron chi connectivity index (χ4n) is 1.64. The minimum atomic E-state index is -4.06. The second-order valence-corrected chi connectivity index (χ2v) is 8.46. The molecule has 0 bridgehead atoms. The number of anilines is 2. The first kappa shape index (κ1) is 18.1. The van der Waals surface area contributed by atoms with Crippen molar-refractivity contribution < 1.29 is 21.2 Å². The highest BCUT2D eigenvalue weighted by Gasteiger charge is 2.18. The summed E-state index contributed by atoms with van der Waals surface area (Å²) >= 11 is 0. The first-order valence-electron chi connectivity index (χ1n) is 6.74. The predicted octanol–water partition coefficient (Wildman–Crippen LogP) is 1.49. The quantitative estimate of drug-likeness (QED) is 0.791. The molecule has 24 heavy (non-hydrogen) atoms. The summed E-state index contributed by atoms with van der Waals surface area (Å²) in [5.74, 6) is -0.770. The second-order valence-electron chi connectivity index (χ2n) is 4.77. The topological polar surface area (TPSA) is 118 Å². The number of halogens is 1. The Bertz CT molecular complexity index is 944. The maximum Gasteiger partial charge on any atom is 0.262 e. The maximum atomic E-state index is 14.0. The van der Waals surface area contributed by atoms with E-state index < -0.39 is 25.9 Å². The van der Waals surface area contributed by atoms with Gasteiger partial charge in [-0.15, -0.1) is 0 Å². The molecule has 0 spiro atoms. The zero-order valence-electron chi connectivity index (χ0n) is 12.8. The van der Waals surface area contributed by atoms with E-state index in [1.165, 1.54) is 19.3 Å². The van der Waals surface area contributed by atoms with Crippen LogP contribution in [0.5, 0.6) is 0 Å². The molecule has 0 saturated heterocycles. The number of rotatable bonds is 6. The summed E-state index contributed by atoms with van der Waals surface area (Å²) in [6.45, 7) is 3.04. The molecule has 130 valence electrons. The molecule has 2 aromatic rings. The van der Waals surface area contributed by atoms with Crippen LogP contribution in [-0.2, 0) is 20.0 Å².